The number of aliphatic hydroxyl groups is 3. The van der Waals surface area contributed by atoms with Gasteiger partial charge in [0.05, 0.1) is 0 Å². The van der Waals surface area contributed by atoms with E-state index in [1.54, 1.807) is 0 Å². The monoisotopic (exact) mass is 279 g/mol. The topological polar surface area (TPSA) is 95.9 Å². The van der Waals surface area contributed by atoms with E-state index in [0.717, 1.165) is 25.7 Å². The van der Waals surface area contributed by atoms with Crippen molar-refractivity contribution >= 4 is 12.6 Å². The zero-order chi connectivity index (χ0) is 13.8. The van der Waals surface area contributed by atoms with Crippen molar-refractivity contribution in [1.82, 2.24) is 0 Å². The van der Waals surface area contributed by atoms with E-state index in [2.05, 4.69) is 19.6 Å². The van der Waals surface area contributed by atoms with Crippen LogP contribution in [0.25, 0.3) is 0 Å². The lowest BCUT2D eigenvalue weighted by Gasteiger charge is -2.46. The van der Waals surface area contributed by atoms with Crippen molar-refractivity contribution in [3.05, 3.63) is 0 Å². The van der Waals surface area contributed by atoms with Crippen molar-refractivity contribution in [1.29, 1.82) is 0 Å². The van der Waals surface area contributed by atoms with Crippen molar-refractivity contribution in [2.45, 2.75) is 68.4 Å². The highest BCUT2D eigenvalue weighted by atomic mass is 32.1. The molecule has 108 valence electrons. The van der Waals surface area contributed by atoms with Crippen LogP contribution in [-0.2, 0) is 4.74 Å². The number of rotatable bonds is 6. The van der Waals surface area contributed by atoms with Crippen LogP contribution in [0.2, 0.25) is 0 Å². The maximum absolute atomic E-state index is 9.98. The highest BCUT2D eigenvalue weighted by Gasteiger charge is 2.50. The second-order valence-electron chi connectivity index (χ2n) is 4.97. The summed E-state index contributed by atoms with van der Waals surface area (Å²) in [7, 11) is 0. The standard InChI is InChI=1S/C12H25NO4S/c1-2-3-4-5-6-12(18)11(16)10(15)9(14)8(7-13)17-12/h8-11,14-16,18H,2-7,13H2,1H3/t8-,9-,10+,11+,12-/m1/s1. The molecule has 1 rings (SSSR count). The molecular formula is C12H25NO4S. The molecule has 0 aromatic heterocycles. The molecule has 1 heterocycles. The molecule has 0 amide bonds. The van der Waals surface area contributed by atoms with E-state index in [4.69, 9.17) is 10.5 Å². The summed E-state index contributed by atoms with van der Waals surface area (Å²) < 4.78 is 5.58. The molecule has 0 aliphatic carbocycles. The molecule has 1 aliphatic heterocycles. The average molecular weight is 279 g/mol. The first-order chi connectivity index (χ1) is 8.46. The first kappa shape index (κ1) is 16.2. The van der Waals surface area contributed by atoms with Gasteiger partial charge in [-0.25, -0.2) is 0 Å². The number of unbranched alkanes of at least 4 members (excludes halogenated alkanes) is 3. The third kappa shape index (κ3) is 3.59. The second kappa shape index (κ2) is 7.07. The van der Waals surface area contributed by atoms with Crippen LogP contribution in [0.4, 0.5) is 0 Å². The smallest absolute Gasteiger partial charge is 0.139 e. The predicted molar refractivity (Wildman–Crippen MR) is 72.4 cm³/mol. The summed E-state index contributed by atoms with van der Waals surface area (Å²) in [4.78, 5) is -1.13. The van der Waals surface area contributed by atoms with Gasteiger partial charge in [0.2, 0.25) is 0 Å². The van der Waals surface area contributed by atoms with Crippen LogP contribution in [0.3, 0.4) is 0 Å². The summed E-state index contributed by atoms with van der Waals surface area (Å²) in [5.74, 6) is 0. The Labute approximate surface area is 114 Å². The van der Waals surface area contributed by atoms with Gasteiger partial charge in [0.15, 0.2) is 0 Å². The molecule has 0 saturated carbocycles. The minimum atomic E-state index is -1.27. The molecule has 5 atom stereocenters. The number of nitrogens with two attached hydrogens (primary N) is 1. The first-order valence-corrected chi connectivity index (χ1v) is 7.05. The van der Waals surface area contributed by atoms with Gasteiger partial charge in [-0.15, -0.1) is 12.6 Å². The molecule has 1 aliphatic rings. The lowest BCUT2D eigenvalue weighted by atomic mass is 9.91. The van der Waals surface area contributed by atoms with Crippen LogP contribution in [0.1, 0.15) is 39.0 Å². The molecule has 0 spiro atoms. The largest absolute Gasteiger partial charge is 0.388 e. The molecule has 0 radical (unpaired) electrons. The zero-order valence-electron chi connectivity index (χ0n) is 10.8. The third-order valence-corrected chi connectivity index (χ3v) is 4.09. The average Bonchev–Trinajstić information content (AvgIpc) is 2.37. The zero-order valence-corrected chi connectivity index (χ0v) is 11.7. The van der Waals surface area contributed by atoms with Crippen LogP contribution in [0.5, 0.6) is 0 Å². The summed E-state index contributed by atoms with van der Waals surface area (Å²) in [6.45, 7) is 2.20. The van der Waals surface area contributed by atoms with Crippen LogP contribution in [0, 0.1) is 0 Å². The van der Waals surface area contributed by atoms with E-state index < -0.39 is 29.3 Å². The molecule has 0 aromatic rings. The number of aliphatic hydroxyl groups excluding tert-OH is 3. The normalized spacial score (nSPS) is 41.0. The predicted octanol–water partition coefficient (Wildman–Crippen LogP) is 0.0231. The SMILES string of the molecule is CCCCCC[C@]1(S)O[C@H](CN)[C@@H](O)[C@H](O)[C@@H]1O. The van der Waals surface area contributed by atoms with Crippen LogP contribution < -0.4 is 5.73 Å². The summed E-state index contributed by atoms with van der Waals surface area (Å²) in [5, 5.41) is 29.5. The van der Waals surface area contributed by atoms with E-state index in [9.17, 15) is 15.3 Å². The summed E-state index contributed by atoms with van der Waals surface area (Å²) >= 11 is 4.36. The van der Waals surface area contributed by atoms with Gasteiger partial charge >= 0.3 is 0 Å². The number of thiol groups is 1. The van der Waals surface area contributed by atoms with Crippen molar-refractivity contribution in [2.24, 2.45) is 5.73 Å². The van der Waals surface area contributed by atoms with Gasteiger partial charge in [-0.05, 0) is 12.8 Å². The van der Waals surface area contributed by atoms with E-state index >= 15 is 0 Å². The molecule has 0 bridgehead atoms. The fourth-order valence-corrected chi connectivity index (χ4v) is 2.72. The van der Waals surface area contributed by atoms with Crippen molar-refractivity contribution < 1.29 is 20.1 Å². The Morgan fingerprint density at radius 3 is 2.39 bits per heavy atom. The highest BCUT2D eigenvalue weighted by molar-refractivity contribution is 7.81. The van der Waals surface area contributed by atoms with Crippen molar-refractivity contribution in [3.63, 3.8) is 0 Å². The number of hydrogen-bond donors (Lipinski definition) is 5. The summed E-state index contributed by atoms with van der Waals surface area (Å²) in [6.07, 6.45) is 0.317. The molecule has 5 N–H and O–H groups in total. The molecule has 5 nitrogen and oxygen atoms in total. The molecule has 1 fully saturated rings. The van der Waals surface area contributed by atoms with Crippen LogP contribution in [-0.4, -0.2) is 51.2 Å². The van der Waals surface area contributed by atoms with Gasteiger partial charge in [-0.1, -0.05) is 26.2 Å². The molecule has 0 aromatic carbocycles. The Morgan fingerprint density at radius 1 is 1.17 bits per heavy atom. The maximum Gasteiger partial charge on any atom is 0.139 e. The molecule has 0 unspecified atom stereocenters. The summed E-state index contributed by atoms with van der Waals surface area (Å²) in [5.41, 5.74) is 5.49. The van der Waals surface area contributed by atoms with Crippen LogP contribution in [0.15, 0.2) is 0 Å². The van der Waals surface area contributed by atoms with Crippen LogP contribution >= 0.6 is 12.6 Å². The minimum absolute atomic E-state index is 0.0855. The Bertz CT molecular complexity index is 254. The molecule has 18 heavy (non-hydrogen) atoms. The van der Waals surface area contributed by atoms with E-state index in [1.165, 1.54) is 0 Å². The third-order valence-electron chi connectivity index (χ3n) is 3.49. The minimum Gasteiger partial charge on any atom is -0.388 e. The van der Waals surface area contributed by atoms with E-state index in [-0.39, 0.29) is 6.54 Å². The summed E-state index contributed by atoms with van der Waals surface area (Å²) in [6, 6.07) is 0. The number of ether oxygens (including phenoxy) is 1. The Kier molecular flexibility index (Phi) is 6.37. The molecule has 1 saturated heterocycles. The first-order valence-electron chi connectivity index (χ1n) is 6.60. The quantitative estimate of drug-likeness (QED) is 0.349. The fraction of sp³-hybridized carbons (Fsp3) is 1.00. The Morgan fingerprint density at radius 2 is 1.83 bits per heavy atom. The van der Waals surface area contributed by atoms with Gasteiger partial charge in [-0.2, -0.15) is 0 Å². The Balaban J connectivity index is 2.60. The van der Waals surface area contributed by atoms with Gasteiger partial charge in [0, 0.05) is 6.54 Å². The number of hydrogen-bond acceptors (Lipinski definition) is 6. The lowest BCUT2D eigenvalue weighted by Crippen LogP contribution is -2.63. The molecular weight excluding hydrogens is 254 g/mol. The van der Waals surface area contributed by atoms with Gasteiger partial charge in [0.25, 0.3) is 0 Å². The lowest BCUT2D eigenvalue weighted by molar-refractivity contribution is -0.233. The van der Waals surface area contributed by atoms with E-state index in [1.807, 2.05) is 0 Å². The van der Waals surface area contributed by atoms with E-state index in [0.29, 0.717) is 6.42 Å². The fourth-order valence-electron chi connectivity index (χ4n) is 2.27. The highest BCUT2D eigenvalue weighted by Crippen LogP contribution is 2.37. The van der Waals surface area contributed by atoms with Gasteiger partial charge in [-0.3, -0.25) is 0 Å². The molecule has 6 heteroatoms. The van der Waals surface area contributed by atoms with Crippen molar-refractivity contribution in [3.8, 4) is 0 Å². The van der Waals surface area contributed by atoms with Gasteiger partial charge < -0.3 is 25.8 Å². The second-order valence-corrected chi connectivity index (χ2v) is 5.73. The van der Waals surface area contributed by atoms with Gasteiger partial charge in [0.1, 0.15) is 29.3 Å². The maximum atomic E-state index is 9.98. The van der Waals surface area contributed by atoms with Crippen molar-refractivity contribution in [2.75, 3.05) is 6.54 Å². The Hall–Kier alpha value is 0.150.